The SMILES string of the molecule is Cc1cc(C)cc(-n2nc(C(=O)NC3(C(=O)O)CCC3)cc2C)c1. The van der Waals surface area contributed by atoms with E-state index in [0.717, 1.165) is 28.9 Å². The maximum atomic E-state index is 12.4. The molecule has 6 heteroatoms. The summed E-state index contributed by atoms with van der Waals surface area (Å²) >= 11 is 0. The van der Waals surface area contributed by atoms with Crippen molar-refractivity contribution in [2.75, 3.05) is 0 Å². The fourth-order valence-corrected chi connectivity index (χ4v) is 3.12. The van der Waals surface area contributed by atoms with Crippen LogP contribution in [0.1, 0.15) is 46.6 Å². The van der Waals surface area contributed by atoms with Gasteiger partial charge < -0.3 is 10.4 Å². The summed E-state index contributed by atoms with van der Waals surface area (Å²) in [6.07, 6.45) is 1.73. The van der Waals surface area contributed by atoms with Crippen LogP contribution in [-0.4, -0.2) is 32.3 Å². The fourth-order valence-electron chi connectivity index (χ4n) is 3.12. The highest BCUT2D eigenvalue weighted by molar-refractivity contribution is 5.96. The molecular formula is C18H21N3O3. The number of aromatic nitrogens is 2. The molecule has 0 saturated heterocycles. The minimum absolute atomic E-state index is 0.235. The van der Waals surface area contributed by atoms with Gasteiger partial charge in [0.05, 0.1) is 5.69 Å². The summed E-state index contributed by atoms with van der Waals surface area (Å²) in [5.74, 6) is -1.42. The molecule has 0 radical (unpaired) electrons. The molecular weight excluding hydrogens is 306 g/mol. The van der Waals surface area contributed by atoms with Gasteiger partial charge in [-0.2, -0.15) is 5.10 Å². The van der Waals surface area contributed by atoms with Crippen molar-refractivity contribution >= 4 is 11.9 Å². The smallest absolute Gasteiger partial charge is 0.329 e. The van der Waals surface area contributed by atoms with Crippen molar-refractivity contribution in [3.63, 3.8) is 0 Å². The minimum atomic E-state index is -1.13. The topological polar surface area (TPSA) is 84.2 Å². The Morgan fingerprint density at radius 2 is 1.75 bits per heavy atom. The van der Waals surface area contributed by atoms with Crippen LogP contribution in [0.4, 0.5) is 0 Å². The summed E-state index contributed by atoms with van der Waals surface area (Å²) < 4.78 is 1.71. The van der Waals surface area contributed by atoms with E-state index in [2.05, 4.69) is 16.5 Å². The van der Waals surface area contributed by atoms with Crippen molar-refractivity contribution in [3.05, 3.63) is 46.8 Å². The molecule has 0 atom stereocenters. The van der Waals surface area contributed by atoms with Crippen LogP contribution in [0, 0.1) is 20.8 Å². The number of aliphatic carboxylic acids is 1. The monoisotopic (exact) mass is 327 g/mol. The first-order valence-electron chi connectivity index (χ1n) is 8.02. The van der Waals surface area contributed by atoms with E-state index in [1.165, 1.54) is 0 Å². The highest BCUT2D eigenvalue weighted by Gasteiger charge is 2.46. The first kappa shape index (κ1) is 16.2. The zero-order valence-electron chi connectivity index (χ0n) is 14.1. The summed E-state index contributed by atoms with van der Waals surface area (Å²) in [4.78, 5) is 23.8. The van der Waals surface area contributed by atoms with Crippen molar-refractivity contribution in [2.24, 2.45) is 0 Å². The van der Waals surface area contributed by atoms with E-state index < -0.39 is 17.4 Å². The fraction of sp³-hybridized carbons (Fsp3) is 0.389. The Bertz CT molecular complexity index is 799. The highest BCUT2D eigenvalue weighted by atomic mass is 16.4. The summed E-state index contributed by atoms with van der Waals surface area (Å²) in [5.41, 5.74) is 3.05. The molecule has 0 bridgehead atoms. The lowest BCUT2D eigenvalue weighted by molar-refractivity contribution is -0.148. The maximum Gasteiger partial charge on any atom is 0.329 e. The predicted octanol–water partition coefficient (Wildman–Crippen LogP) is 2.53. The van der Waals surface area contributed by atoms with Gasteiger partial charge in [-0.15, -0.1) is 0 Å². The van der Waals surface area contributed by atoms with E-state index in [-0.39, 0.29) is 5.69 Å². The van der Waals surface area contributed by atoms with Crippen molar-refractivity contribution < 1.29 is 14.7 Å². The first-order valence-corrected chi connectivity index (χ1v) is 8.02. The predicted molar refractivity (Wildman–Crippen MR) is 89.5 cm³/mol. The molecule has 126 valence electrons. The highest BCUT2D eigenvalue weighted by Crippen LogP contribution is 2.32. The zero-order chi connectivity index (χ0) is 17.5. The number of hydrogen-bond donors (Lipinski definition) is 2. The molecule has 1 aliphatic rings. The third kappa shape index (κ3) is 2.79. The van der Waals surface area contributed by atoms with Gasteiger partial charge >= 0.3 is 5.97 Å². The van der Waals surface area contributed by atoms with Crippen molar-refractivity contribution in [3.8, 4) is 5.69 Å². The number of benzene rings is 1. The van der Waals surface area contributed by atoms with Crippen LogP contribution in [0.25, 0.3) is 5.69 Å². The Morgan fingerprint density at radius 1 is 1.12 bits per heavy atom. The lowest BCUT2D eigenvalue weighted by Crippen LogP contribution is -2.59. The van der Waals surface area contributed by atoms with Gasteiger partial charge in [0.15, 0.2) is 5.69 Å². The number of carbonyl (C=O) groups excluding carboxylic acids is 1. The van der Waals surface area contributed by atoms with E-state index in [1.54, 1.807) is 10.7 Å². The Hall–Kier alpha value is -2.63. The van der Waals surface area contributed by atoms with Gasteiger partial charge in [0.25, 0.3) is 5.91 Å². The van der Waals surface area contributed by atoms with Gasteiger partial charge in [-0.1, -0.05) is 6.07 Å². The quantitative estimate of drug-likeness (QED) is 0.904. The molecule has 0 aliphatic heterocycles. The number of carboxylic acid groups (broad SMARTS) is 1. The Morgan fingerprint density at radius 3 is 2.25 bits per heavy atom. The van der Waals surface area contributed by atoms with Gasteiger partial charge in [0.1, 0.15) is 5.54 Å². The lowest BCUT2D eigenvalue weighted by Gasteiger charge is -2.37. The first-order chi connectivity index (χ1) is 11.3. The number of rotatable bonds is 4. The van der Waals surface area contributed by atoms with Crippen LogP contribution >= 0.6 is 0 Å². The average Bonchev–Trinajstić information content (AvgIpc) is 2.83. The lowest BCUT2D eigenvalue weighted by atomic mass is 9.76. The molecule has 1 saturated carbocycles. The standard InChI is InChI=1S/C18H21N3O3/c1-11-7-12(2)9-14(8-11)21-13(3)10-15(20-21)16(22)19-18(17(23)24)5-4-6-18/h7-10H,4-6H2,1-3H3,(H,19,22)(H,23,24). The van der Waals surface area contributed by atoms with E-state index in [9.17, 15) is 14.7 Å². The third-order valence-electron chi connectivity index (χ3n) is 4.54. The third-order valence-corrected chi connectivity index (χ3v) is 4.54. The molecule has 1 fully saturated rings. The average molecular weight is 327 g/mol. The number of nitrogens with one attached hydrogen (secondary N) is 1. The molecule has 1 aromatic carbocycles. The summed E-state index contributed by atoms with van der Waals surface area (Å²) in [5, 5.41) is 16.4. The molecule has 0 spiro atoms. The molecule has 1 amide bonds. The Balaban J connectivity index is 1.88. The van der Waals surface area contributed by atoms with E-state index in [4.69, 9.17) is 0 Å². The second-order valence-corrected chi connectivity index (χ2v) is 6.62. The number of amides is 1. The van der Waals surface area contributed by atoms with Gasteiger partial charge in [-0.25, -0.2) is 9.48 Å². The van der Waals surface area contributed by atoms with Crippen LogP contribution in [-0.2, 0) is 4.79 Å². The second-order valence-electron chi connectivity index (χ2n) is 6.62. The van der Waals surface area contributed by atoms with Crippen LogP contribution in [0.3, 0.4) is 0 Å². The normalized spacial score (nSPS) is 15.6. The molecule has 1 aliphatic carbocycles. The number of hydrogen-bond acceptors (Lipinski definition) is 3. The molecule has 24 heavy (non-hydrogen) atoms. The number of carbonyl (C=O) groups is 2. The van der Waals surface area contributed by atoms with Crippen LogP contribution < -0.4 is 5.32 Å². The minimum Gasteiger partial charge on any atom is -0.480 e. The largest absolute Gasteiger partial charge is 0.480 e. The molecule has 1 aromatic heterocycles. The number of carboxylic acids is 1. The van der Waals surface area contributed by atoms with Crippen molar-refractivity contribution in [1.29, 1.82) is 0 Å². The Kier molecular flexibility index (Phi) is 3.91. The second kappa shape index (κ2) is 5.78. The van der Waals surface area contributed by atoms with Gasteiger partial charge in [-0.05, 0) is 69.4 Å². The molecule has 3 rings (SSSR count). The van der Waals surface area contributed by atoms with Gasteiger partial charge in [0, 0.05) is 5.69 Å². The molecule has 1 heterocycles. The van der Waals surface area contributed by atoms with E-state index in [1.807, 2.05) is 32.9 Å². The summed E-state index contributed by atoms with van der Waals surface area (Å²) in [6, 6.07) is 7.75. The molecule has 2 N–H and O–H groups in total. The van der Waals surface area contributed by atoms with Crippen molar-refractivity contribution in [2.45, 2.75) is 45.6 Å². The van der Waals surface area contributed by atoms with Crippen LogP contribution in [0.5, 0.6) is 0 Å². The van der Waals surface area contributed by atoms with Crippen molar-refractivity contribution in [1.82, 2.24) is 15.1 Å². The summed E-state index contributed by atoms with van der Waals surface area (Å²) in [7, 11) is 0. The maximum absolute atomic E-state index is 12.4. The van der Waals surface area contributed by atoms with E-state index in [0.29, 0.717) is 12.8 Å². The van der Waals surface area contributed by atoms with Gasteiger partial charge in [-0.3, -0.25) is 4.79 Å². The molecule has 6 nitrogen and oxygen atoms in total. The van der Waals surface area contributed by atoms with Crippen LogP contribution in [0.15, 0.2) is 24.3 Å². The molecule has 2 aromatic rings. The van der Waals surface area contributed by atoms with E-state index >= 15 is 0 Å². The molecule has 0 unspecified atom stereocenters. The Labute approximate surface area is 140 Å². The summed E-state index contributed by atoms with van der Waals surface area (Å²) in [6.45, 7) is 5.89. The zero-order valence-corrected chi connectivity index (χ0v) is 14.1. The number of aryl methyl sites for hydroxylation is 3. The number of nitrogens with zero attached hydrogens (tertiary/aromatic N) is 2. The van der Waals surface area contributed by atoms with Crippen LogP contribution in [0.2, 0.25) is 0 Å². The van der Waals surface area contributed by atoms with Gasteiger partial charge in [0.2, 0.25) is 0 Å².